The highest BCUT2D eigenvalue weighted by molar-refractivity contribution is 7.89. The van der Waals surface area contributed by atoms with Crippen molar-refractivity contribution in [3.8, 4) is 0 Å². The van der Waals surface area contributed by atoms with Gasteiger partial charge in [-0.3, -0.25) is 0 Å². The monoisotopic (exact) mass is 405 g/mol. The molecule has 0 saturated carbocycles. The second-order valence-corrected chi connectivity index (χ2v) is 8.63. The Bertz CT molecular complexity index is 942. The van der Waals surface area contributed by atoms with Gasteiger partial charge in [-0.1, -0.05) is 0 Å². The minimum Gasteiger partial charge on any atom is -0.465 e. The van der Waals surface area contributed by atoms with Gasteiger partial charge in [0.1, 0.15) is 0 Å². The van der Waals surface area contributed by atoms with Gasteiger partial charge in [0.2, 0.25) is 16.0 Å². The predicted octanol–water partition coefficient (Wildman–Crippen LogP) is 0.840. The lowest BCUT2D eigenvalue weighted by Crippen LogP contribution is -2.47. The molecule has 1 aromatic heterocycles. The average molecular weight is 405 g/mol. The molecule has 2 aromatic rings. The molecule has 0 amide bonds. The van der Waals surface area contributed by atoms with Crippen molar-refractivity contribution >= 4 is 27.6 Å². The Morgan fingerprint density at radius 2 is 1.68 bits per heavy atom. The van der Waals surface area contributed by atoms with Crippen LogP contribution in [-0.2, 0) is 14.8 Å². The van der Waals surface area contributed by atoms with Crippen molar-refractivity contribution in [2.24, 2.45) is 0 Å². The maximum absolute atomic E-state index is 12.4. The number of anilines is 2. The van der Waals surface area contributed by atoms with Gasteiger partial charge in [0.15, 0.2) is 0 Å². The lowest BCUT2D eigenvalue weighted by molar-refractivity contribution is 0.0601. The maximum Gasteiger partial charge on any atom is 0.340 e. The molecule has 0 spiro atoms. The van der Waals surface area contributed by atoms with E-state index in [9.17, 15) is 13.2 Å². The first-order valence-corrected chi connectivity index (χ1v) is 10.2. The molecule has 0 N–H and O–H groups in total. The maximum atomic E-state index is 12.4. The minimum atomic E-state index is -3.65. The zero-order valence-electron chi connectivity index (χ0n) is 16.1. The molecule has 28 heavy (non-hydrogen) atoms. The molecular weight excluding hydrogens is 382 g/mol. The summed E-state index contributed by atoms with van der Waals surface area (Å²) in [7, 11) is 0.531. The smallest absolute Gasteiger partial charge is 0.340 e. The molecule has 0 aliphatic carbocycles. The number of hydrogen-bond donors (Lipinski definition) is 0. The van der Waals surface area contributed by atoms with Crippen LogP contribution in [0.4, 0.5) is 11.6 Å². The van der Waals surface area contributed by atoms with E-state index in [0.29, 0.717) is 37.8 Å². The highest BCUT2D eigenvalue weighted by Crippen LogP contribution is 2.27. The third kappa shape index (κ3) is 3.92. The molecule has 10 heteroatoms. The van der Waals surface area contributed by atoms with Crippen molar-refractivity contribution in [1.82, 2.24) is 14.3 Å². The lowest BCUT2D eigenvalue weighted by Gasteiger charge is -2.36. The number of sulfonamides is 1. The second kappa shape index (κ2) is 8.11. The van der Waals surface area contributed by atoms with Gasteiger partial charge < -0.3 is 14.5 Å². The summed E-state index contributed by atoms with van der Waals surface area (Å²) in [6.07, 6.45) is 3.40. The van der Waals surface area contributed by atoms with E-state index in [4.69, 9.17) is 4.74 Å². The Kier molecular flexibility index (Phi) is 5.80. The number of methoxy groups -OCH3 is 1. The van der Waals surface area contributed by atoms with E-state index in [-0.39, 0.29) is 10.5 Å². The molecule has 0 radical (unpaired) electrons. The van der Waals surface area contributed by atoms with Gasteiger partial charge in [-0.15, -0.1) is 0 Å². The quantitative estimate of drug-likeness (QED) is 0.676. The van der Waals surface area contributed by atoms with Crippen LogP contribution in [0.3, 0.4) is 0 Å². The molecule has 1 saturated heterocycles. The van der Waals surface area contributed by atoms with Crippen molar-refractivity contribution in [3.05, 3.63) is 42.2 Å². The summed E-state index contributed by atoms with van der Waals surface area (Å²) < 4.78 is 30.8. The van der Waals surface area contributed by atoms with Crippen LogP contribution in [-0.4, -0.2) is 76.0 Å². The van der Waals surface area contributed by atoms with Gasteiger partial charge >= 0.3 is 5.97 Å². The van der Waals surface area contributed by atoms with Crippen LogP contribution in [0, 0.1) is 0 Å². The first-order valence-electron chi connectivity index (χ1n) is 8.76. The SMILES string of the molecule is COC(=O)c1cc(S(=O)(=O)N(C)C)ccc1N1CCN(c2ncccn2)CC1. The molecule has 1 aromatic carbocycles. The van der Waals surface area contributed by atoms with E-state index in [1.54, 1.807) is 24.5 Å². The Balaban J connectivity index is 1.87. The molecule has 0 unspecified atom stereocenters. The fourth-order valence-electron chi connectivity index (χ4n) is 3.04. The van der Waals surface area contributed by atoms with E-state index in [0.717, 1.165) is 4.31 Å². The topological polar surface area (TPSA) is 95.9 Å². The van der Waals surface area contributed by atoms with Crippen molar-refractivity contribution in [3.63, 3.8) is 0 Å². The Morgan fingerprint density at radius 1 is 1.07 bits per heavy atom. The van der Waals surface area contributed by atoms with Gasteiger partial charge in [0.25, 0.3) is 0 Å². The van der Waals surface area contributed by atoms with Crippen LogP contribution in [0.5, 0.6) is 0 Å². The van der Waals surface area contributed by atoms with Gasteiger partial charge in [0.05, 0.1) is 23.3 Å². The number of esters is 1. The molecular formula is C18H23N5O4S. The molecule has 0 bridgehead atoms. The highest BCUT2D eigenvalue weighted by Gasteiger charge is 2.26. The number of carbonyl (C=O) groups excluding carboxylic acids is 1. The fourth-order valence-corrected chi connectivity index (χ4v) is 3.97. The Hall–Kier alpha value is -2.72. The molecule has 150 valence electrons. The van der Waals surface area contributed by atoms with Crippen LogP contribution in [0.25, 0.3) is 0 Å². The fraction of sp³-hybridized carbons (Fsp3) is 0.389. The number of rotatable bonds is 5. The number of ether oxygens (including phenoxy) is 1. The standard InChI is InChI=1S/C18H23N5O4S/c1-21(2)28(25,26)14-5-6-16(15(13-14)17(24)27-3)22-9-11-23(12-10-22)18-19-7-4-8-20-18/h4-8,13H,9-12H2,1-3H3. The number of aromatic nitrogens is 2. The zero-order valence-corrected chi connectivity index (χ0v) is 16.9. The van der Waals surface area contributed by atoms with Crippen molar-refractivity contribution in [1.29, 1.82) is 0 Å². The molecule has 1 fully saturated rings. The Morgan fingerprint density at radius 3 is 2.25 bits per heavy atom. The minimum absolute atomic E-state index is 0.0537. The summed E-state index contributed by atoms with van der Waals surface area (Å²) in [4.78, 5) is 25.0. The molecule has 2 heterocycles. The zero-order chi connectivity index (χ0) is 20.3. The first-order chi connectivity index (χ1) is 13.3. The third-order valence-electron chi connectivity index (χ3n) is 4.61. The number of nitrogens with zero attached hydrogens (tertiary/aromatic N) is 5. The van der Waals surface area contributed by atoms with Crippen LogP contribution in [0.1, 0.15) is 10.4 Å². The van der Waals surface area contributed by atoms with E-state index in [1.165, 1.54) is 33.3 Å². The van der Waals surface area contributed by atoms with Crippen LogP contribution >= 0.6 is 0 Å². The Labute approximate surface area is 164 Å². The lowest BCUT2D eigenvalue weighted by atomic mass is 10.1. The summed E-state index contributed by atoms with van der Waals surface area (Å²) in [6, 6.07) is 6.33. The van der Waals surface area contributed by atoms with E-state index >= 15 is 0 Å². The normalized spacial score (nSPS) is 15.0. The number of piperazine rings is 1. The number of carbonyl (C=O) groups is 1. The summed E-state index contributed by atoms with van der Waals surface area (Å²) in [5, 5.41) is 0. The summed E-state index contributed by atoms with van der Waals surface area (Å²) in [5.74, 6) is 0.0994. The van der Waals surface area contributed by atoms with Gasteiger partial charge in [-0.2, -0.15) is 0 Å². The number of hydrogen-bond acceptors (Lipinski definition) is 8. The molecule has 3 rings (SSSR count). The van der Waals surface area contributed by atoms with Crippen molar-refractivity contribution in [2.75, 3.05) is 57.2 Å². The molecule has 9 nitrogen and oxygen atoms in total. The number of benzene rings is 1. The first kappa shape index (κ1) is 20.0. The largest absolute Gasteiger partial charge is 0.465 e. The van der Waals surface area contributed by atoms with E-state index in [2.05, 4.69) is 14.9 Å². The second-order valence-electron chi connectivity index (χ2n) is 6.48. The summed E-state index contributed by atoms with van der Waals surface area (Å²) in [5.41, 5.74) is 0.882. The van der Waals surface area contributed by atoms with Crippen molar-refractivity contribution < 1.29 is 17.9 Å². The van der Waals surface area contributed by atoms with Gasteiger partial charge in [-0.25, -0.2) is 27.5 Å². The van der Waals surface area contributed by atoms with Gasteiger partial charge in [0, 0.05) is 52.7 Å². The van der Waals surface area contributed by atoms with E-state index < -0.39 is 16.0 Å². The average Bonchev–Trinajstić information content (AvgIpc) is 2.73. The van der Waals surface area contributed by atoms with Gasteiger partial charge in [-0.05, 0) is 24.3 Å². The predicted molar refractivity (Wildman–Crippen MR) is 105 cm³/mol. The van der Waals surface area contributed by atoms with Crippen LogP contribution in [0.2, 0.25) is 0 Å². The van der Waals surface area contributed by atoms with Crippen LogP contribution < -0.4 is 9.80 Å². The highest BCUT2D eigenvalue weighted by atomic mass is 32.2. The molecule has 1 aliphatic rings. The molecule has 0 atom stereocenters. The van der Waals surface area contributed by atoms with E-state index in [1.807, 2.05) is 4.90 Å². The molecule has 1 aliphatic heterocycles. The summed E-state index contributed by atoms with van der Waals surface area (Å²) >= 11 is 0. The van der Waals surface area contributed by atoms with Crippen molar-refractivity contribution in [2.45, 2.75) is 4.90 Å². The third-order valence-corrected chi connectivity index (χ3v) is 6.42. The van der Waals surface area contributed by atoms with Crippen LogP contribution in [0.15, 0.2) is 41.6 Å². The summed E-state index contributed by atoms with van der Waals surface area (Å²) in [6.45, 7) is 2.65.